The zero-order chi connectivity index (χ0) is 41.0. The summed E-state index contributed by atoms with van der Waals surface area (Å²) < 4.78 is 9.24. The van der Waals surface area contributed by atoms with Crippen molar-refractivity contribution in [2.75, 3.05) is 0 Å². The van der Waals surface area contributed by atoms with E-state index in [2.05, 4.69) is 180 Å². The van der Waals surface area contributed by atoms with Gasteiger partial charge in [-0.1, -0.05) is 188 Å². The van der Waals surface area contributed by atoms with Crippen LogP contribution in [-0.2, 0) is 0 Å². The first kappa shape index (κ1) is 35.5. The molecule has 5 heteroatoms. The molecule has 0 atom stereocenters. The summed E-state index contributed by atoms with van der Waals surface area (Å²) in [4.78, 5) is 15.3. The Hall–Kier alpha value is -8.41. The van der Waals surface area contributed by atoms with Gasteiger partial charge in [0.2, 0.25) is 0 Å². The molecular weight excluding hydrogens is 757 g/mol. The molecular formula is C57H36N4O. The first-order valence-electron chi connectivity index (χ1n) is 20.9. The largest absolute Gasteiger partial charge is 0.455 e. The lowest BCUT2D eigenvalue weighted by atomic mass is 9.97. The van der Waals surface area contributed by atoms with Gasteiger partial charge in [-0.3, -0.25) is 0 Å². The average Bonchev–Trinajstić information content (AvgIpc) is 3.91. The first-order valence-corrected chi connectivity index (χ1v) is 20.9. The van der Waals surface area contributed by atoms with Gasteiger partial charge in [0.05, 0.1) is 22.3 Å². The molecule has 62 heavy (non-hydrogen) atoms. The fourth-order valence-corrected chi connectivity index (χ4v) is 8.97. The predicted octanol–water partition coefficient (Wildman–Crippen LogP) is 14.9. The SMILES string of the molecule is c1ccc(-c2ccc(-c3ccc(-c4nc(-c5ccccc5)nc(-c5cccc6c5oc5cccc(-c7ccccc7-n7c8ccccc8c8ccccc87)c56)n4)cc3)cc2)cc1. The Balaban J connectivity index is 0.984. The Kier molecular flexibility index (Phi) is 8.42. The minimum atomic E-state index is 0.548. The highest BCUT2D eigenvalue weighted by Gasteiger charge is 2.22. The summed E-state index contributed by atoms with van der Waals surface area (Å²) in [7, 11) is 0. The molecule has 5 nitrogen and oxygen atoms in total. The lowest BCUT2D eigenvalue weighted by Gasteiger charge is -2.14. The van der Waals surface area contributed by atoms with Gasteiger partial charge in [-0.05, 0) is 58.1 Å². The molecule has 12 aromatic rings. The van der Waals surface area contributed by atoms with Crippen LogP contribution < -0.4 is 0 Å². The van der Waals surface area contributed by atoms with E-state index < -0.39 is 0 Å². The van der Waals surface area contributed by atoms with Gasteiger partial charge in [0, 0.05) is 38.2 Å². The van der Waals surface area contributed by atoms with Crippen molar-refractivity contribution in [3.05, 3.63) is 218 Å². The van der Waals surface area contributed by atoms with Crippen molar-refractivity contribution in [1.29, 1.82) is 0 Å². The van der Waals surface area contributed by atoms with Crippen molar-refractivity contribution in [3.8, 4) is 73.2 Å². The fourth-order valence-electron chi connectivity index (χ4n) is 8.97. The molecule has 0 N–H and O–H groups in total. The van der Waals surface area contributed by atoms with Gasteiger partial charge in [0.15, 0.2) is 17.5 Å². The number of furan rings is 1. The van der Waals surface area contributed by atoms with Crippen molar-refractivity contribution in [2.24, 2.45) is 0 Å². The third kappa shape index (κ3) is 5.98. The standard InChI is InChI=1S/C57H36N4O/c1-3-15-37(16-4-1)38-29-31-39(32-30-38)40-33-35-42(36-34-40)56-58-55(41-17-5-2-6-18-41)59-57(60-56)48-24-13-23-47-53-46(22-14-28-52(53)62-54(47)48)45-21-9-12-27-51(45)61-49-25-10-7-19-43(49)44-20-8-11-26-50(44)61/h1-36H. The number of nitrogens with zero attached hydrogens (tertiary/aromatic N) is 4. The van der Waals surface area contributed by atoms with Crippen LogP contribution in [-0.4, -0.2) is 19.5 Å². The van der Waals surface area contributed by atoms with E-state index in [-0.39, 0.29) is 0 Å². The van der Waals surface area contributed by atoms with Gasteiger partial charge >= 0.3 is 0 Å². The fraction of sp³-hybridized carbons (Fsp3) is 0. The van der Waals surface area contributed by atoms with Gasteiger partial charge < -0.3 is 8.98 Å². The van der Waals surface area contributed by atoms with E-state index in [1.165, 1.54) is 32.9 Å². The summed E-state index contributed by atoms with van der Waals surface area (Å²) in [5.41, 5.74) is 14.4. The lowest BCUT2D eigenvalue weighted by molar-refractivity contribution is 0.669. The minimum Gasteiger partial charge on any atom is -0.455 e. The number of benzene rings is 9. The molecule has 0 saturated heterocycles. The normalized spacial score (nSPS) is 11.5. The Morgan fingerprint density at radius 2 is 0.742 bits per heavy atom. The minimum absolute atomic E-state index is 0.548. The smallest absolute Gasteiger partial charge is 0.167 e. The molecule has 0 fully saturated rings. The Morgan fingerprint density at radius 3 is 1.39 bits per heavy atom. The first-order chi connectivity index (χ1) is 30.7. The molecule has 0 aliphatic rings. The molecule has 0 saturated carbocycles. The second kappa shape index (κ2) is 14.7. The summed E-state index contributed by atoms with van der Waals surface area (Å²) in [6, 6.07) is 76.3. The zero-order valence-electron chi connectivity index (χ0n) is 33.5. The van der Waals surface area contributed by atoms with Crippen LogP contribution in [0.1, 0.15) is 0 Å². The van der Waals surface area contributed by atoms with Crippen LogP contribution in [0.3, 0.4) is 0 Å². The predicted molar refractivity (Wildman–Crippen MR) is 254 cm³/mol. The highest BCUT2D eigenvalue weighted by Crippen LogP contribution is 2.43. The van der Waals surface area contributed by atoms with Crippen LogP contribution in [0.4, 0.5) is 0 Å². The monoisotopic (exact) mass is 792 g/mol. The van der Waals surface area contributed by atoms with Gasteiger partial charge in [0.1, 0.15) is 11.2 Å². The highest BCUT2D eigenvalue weighted by atomic mass is 16.3. The lowest BCUT2D eigenvalue weighted by Crippen LogP contribution is -2.00. The maximum absolute atomic E-state index is 6.86. The molecule has 0 spiro atoms. The van der Waals surface area contributed by atoms with Crippen molar-refractivity contribution in [1.82, 2.24) is 19.5 Å². The van der Waals surface area contributed by atoms with E-state index in [4.69, 9.17) is 19.4 Å². The molecule has 290 valence electrons. The second-order valence-corrected chi connectivity index (χ2v) is 15.5. The maximum Gasteiger partial charge on any atom is 0.167 e. The van der Waals surface area contributed by atoms with Crippen LogP contribution in [0.2, 0.25) is 0 Å². The molecule has 3 aromatic heterocycles. The topological polar surface area (TPSA) is 56.7 Å². The van der Waals surface area contributed by atoms with E-state index in [0.29, 0.717) is 17.5 Å². The summed E-state index contributed by atoms with van der Waals surface area (Å²) in [6.45, 7) is 0. The number of para-hydroxylation sites is 4. The second-order valence-electron chi connectivity index (χ2n) is 15.5. The summed E-state index contributed by atoms with van der Waals surface area (Å²) in [6.07, 6.45) is 0. The molecule has 0 bridgehead atoms. The number of hydrogen-bond donors (Lipinski definition) is 0. The van der Waals surface area contributed by atoms with Crippen LogP contribution in [0, 0.1) is 0 Å². The number of fused-ring (bicyclic) bond motifs is 6. The maximum atomic E-state index is 6.86. The third-order valence-corrected chi connectivity index (χ3v) is 11.9. The van der Waals surface area contributed by atoms with Gasteiger partial charge in [-0.25, -0.2) is 15.0 Å². The Labute approximate surface area is 357 Å². The van der Waals surface area contributed by atoms with E-state index in [9.17, 15) is 0 Å². The molecule has 9 aromatic carbocycles. The molecule has 0 radical (unpaired) electrons. The third-order valence-electron chi connectivity index (χ3n) is 11.9. The number of hydrogen-bond acceptors (Lipinski definition) is 4. The molecule has 12 rings (SSSR count). The zero-order valence-corrected chi connectivity index (χ0v) is 33.5. The molecule has 3 heterocycles. The summed E-state index contributed by atoms with van der Waals surface area (Å²) >= 11 is 0. The van der Waals surface area contributed by atoms with Crippen LogP contribution in [0.25, 0.3) is 117 Å². The molecule has 0 aliphatic carbocycles. The van der Waals surface area contributed by atoms with Crippen molar-refractivity contribution >= 4 is 43.7 Å². The van der Waals surface area contributed by atoms with Crippen molar-refractivity contribution in [3.63, 3.8) is 0 Å². The van der Waals surface area contributed by atoms with Crippen LogP contribution >= 0.6 is 0 Å². The summed E-state index contributed by atoms with van der Waals surface area (Å²) in [5.74, 6) is 1.74. The Bertz CT molecular complexity index is 3550. The van der Waals surface area contributed by atoms with E-state index in [1.807, 2.05) is 42.5 Å². The molecule has 0 aliphatic heterocycles. The van der Waals surface area contributed by atoms with Crippen LogP contribution in [0.15, 0.2) is 223 Å². The van der Waals surface area contributed by atoms with E-state index >= 15 is 0 Å². The van der Waals surface area contributed by atoms with E-state index in [0.717, 1.165) is 66.6 Å². The molecule has 0 unspecified atom stereocenters. The average molecular weight is 793 g/mol. The molecule has 0 amide bonds. The van der Waals surface area contributed by atoms with Crippen molar-refractivity contribution in [2.45, 2.75) is 0 Å². The van der Waals surface area contributed by atoms with Gasteiger partial charge in [0.25, 0.3) is 0 Å². The quantitative estimate of drug-likeness (QED) is 0.161. The van der Waals surface area contributed by atoms with Crippen molar-refractivity contribution < 1.29 is 4.42 Å². The summed E-state index contributed by atoms with van der Waals surface area (Å²) in [5, 5.41) is 4.50. The van der Waals surface area contributed by atoms with E-state index in [1.54, 1.807) is 0 Å². The van der Waals surface area contributed by atoms with Crippen LogP contribution in [0.5, 0.6) is 0 Å². The van der Waals surface area contributed by atoms with Gasteiger partial charge in [-0.2, -0.15) is 0 Å². The number of rotatable bonds is 7. The Morgan fingerprint density at radius 1 is 0.306 bits per heavy atom. The number of aromatic nitrogens is 4. The van der Waals surface area contributed by atoms with Gasteiger partial charge in [-0.15, -0.1) is 0 Å². The highest BCUT2D eigenvalue weighted by molar-refractivity contribution is 6.16.